The number of pyridine rings is 1. The van der Waals surface area contributed by atoms with E-state index in [1.807, 2.05) is 4.90 Å². The van der Waals surface area contributed by atoms with Gasteiger partial charge in [0.2, 0.25) is 0 Å². The van der Waals surface area contributed by atoms with Crippen molar-refractivity contribution in [3.63, 3.8) is 0 Å². The van der Waals surface area contributed by atoms with E-state index in [0.717, 1.165) is 47.4 Å². The minimum Gasteiger partial charge on any atom is -0.333 e. The van der Waals surface area contributed by atoms with Crippen molar-refractivity contribution in [2.45, 2.75) is 45.6 Å². The normalized spacial score (nSPS) is 19.7. The van der Waals surface area contributed by atoms with Gasteiger partial charge in [0, 0.05) is 42.7 Å². The van der Waals surface area contributed by atoms with Crippen LogP contribution in [0.3, 0.4) is 0 Å². The zero-order valence-corrected chi connectivity index (χ0v) is 17.2. The molecule has 0 radical (unpaired) electrons. The molecule has 2 aliphatic rings. The zero-order valence-electron chi connectivity index (χ0n) is 15.5. The number of rotatable bonds is 2. The standard InChI is InChI=1S/C20H25N3O.2ClH/c1-12-8-13(2)19-16(9-12)17(10-18(22-19)15-4-5-15)20(24)23-7-6-21-11-14(23)3;;/h8-10,14-15,21H,4-7,11H2,1-3H3;2*1H/t14-;;/m0../s1. The van der Waals surface area contributed by atoms with Gasteiger partial charge in [-0.05, 0) is 51.3 Å². The average molecular weight is 396 g/mol. The number of nitrogens with zero attached hydrogens (tertiary/aromatic N) is 2. The summed E-state index contributed by atoms with van der Waals surface area (Å²) < 4.78 is 0. The van der Waals surface area contributed by atoms with Crippen molar-refractivity contribution in [3.8, 4) is 0 Å². The predicted octanol–water partition coefficient (Wildman–Crippen LogP) is 4.01. The maximum atomic E-state index is 13.3. The first-order chi connectivity index (χ1) is 11.5. The SMILES string of the molecule is Cc1cc(C)c2nc(C3CC3)cc(C(=O)N3CCNC[C@@H]3C)c2c1.Cl.Cl. The Bertz CT molecular complexity index is 820. The van der Waals surface area contributed by atoms with E-state index < -0.39 is 0 Å². The van der Waals surface area contributed by atoms with Crippen LogP contribution in [0.15, 0.2) is 18.2 Å². The maximum Gasteiger partial charge on any atom is 0.254 e. The molecule has 2 heterocycles. The van der Waals surface area contributed by atoms with Crippen LogP contribution in [0, 0.1) is 13.8 Å². The Hall–Kier alpha value is -1.36. The third-order valence-electron chi connectivity index (χ3n) is 5.26. The second kappa shape index (κ2) is 8.12. The number of hydrogen-bond acceptors (Lipinski definition) is 3. The van der Waals surface area contributed by atoms with E-state index in [-0.39, 0.29) is 36.8 Å². The van der Waals surface area contributed by atoms with Gasteiger partial charge in [-0.2, -0.15) is 0 Å². The molecular weight excluding hydrogens is 369 g/mol. The van der Waals surface area contributed by atoms with Gasteiger partial charge in [-0.1, -0.05) is 11.6 Å². The first kappa shape index (κ1) is 20.9. The lowest BCUT2D eigenvalue weighted by atomic mass is 9.99. The van der Waals surface area contributed by atoms with E-state index >= 15 is 0 Å². The molecule has 4 rings (SSSR count). The molecule has 1 aliphatic carbocycles. The van der Waals surface area contributed by atoms with Gasteiger partial charge in [0.1, 0.15) is 0 Å². The van der Waals surface area contributed by atoms with Crippen LogP contribution in [-0.4, -0.2) is 41.5 Å². The van der Waals surface area contributed by atoms with Crippen molar-refractivity contribution in [3.05, 3.63) is 40.6 Å². The van der Waals surface area contributed by atoms with Crippen molar-refractivity contribution < 1.29 is 4.79 Å². The Morgan fingerprint density at radius 1 is 1.19 bits per heavy atom. The summed E-state index contributed by atoms with van der Waals surface area (Å²) in [5.74, 6) is 0.699. The van der Waals surface area contributed by atoms with Crippen LogP contribution in [0.5, 0.6) is 0 Å². The molecule has 1 aromatic heterocycles. The van der Waals surface area contributed by atoms with Gasteiger partial charge >= 0.3 is 0 Å². The first-order valence-electron chi connectivity index (χ1n) is 8.98. The van der Waals surface area contributed by atoms with E-state index in [2.05, 4.69) is 44.3 Å². The molecule has 4 nitrogen and oxygen atoms in total. The second-order valence-electron chi connectivity index (χ2n) is 7.40. The van der Waals surface area contributed by atoms with Crippen molar-refractivity contribution >= 4 is 41.6 Å². The highest BCUT2D eigenvalue weighted by molar-refractivity contribution is 6.07. The van der Waals surface area contributed by atoms with Crippen molar-refractivity contribution in [1.29, 1.82) is 0 Å². The second-order valence-corrected chi connectivity index (χ2v) is 7.40. The fourth-order valence-electron chi connectivity index (χ4n) is 3.76. The van der Waals surface area contributed by atoms with Crippen LogP contribution in [-0.2, 0) is 0 Å². The molecule has 1 saturated carbocycles. The smallest absolute Gasteiger partial charge is 0.254 e. The van der Waals surface area contributed by atoms with Crippen LogP contribution in [0.1, 0.15) is 52.9 Å². The molecule has 1 saturated heterocycles. The summed E-state index contributed by atoms with van der Waals surface area (Å²) in [4.78, 5) is 20.2. The zero-order chi connectivity index (χ0) is 16.8. The Balaban J connectivity index is 0.00000121. The van der Waals surface area contributed by atoms with E-state index in [0.29, 0.717) is 5.92 Å². The Kier molecular flexibility index (Phi) is 6.54. The van der Waals surface area contributed by atoms with Crippen LogP contribution < -0.4 is 5.32 Å². The minimum atomic E-state index is 0. The highest BCUT2D eigenvalue weighted by Crippen LogP contribution is 2.40. The van der Waals surface area contributed by atoms with Crippen LogP contribution in [0.4, 0.5) is 0 Å². The van der Waals surface area contributed by atoms with Crippen molar-refractivity contribution in [2.75, 3.05) is 19.6 Å². The van der Waals surface area contributed by atoms with Crippen molar-refractivity contribution in [2.24, 2.45) is 0 Å². The maximum absolute atomic E-state index is 13.3. The number of carbonyl (C=O) groups excluding carboxylic acids is 1. The molecule has 1 atom stereocenters. The lowest BCUT2D eigenvalue weighted by Gasteiger charge is -2.34. The number of halogens is 2. The predicted molar refractivity (Wildman–Crippen MR) is 111 cm³/mol. The van der Waals surface area contributed by atoms with E-state index in [9.17, 15) is 4.79 Å². The molecule has 6 heteroatoms. The van der Waals surface area contributed by atoms with Gasteiger partial charge in [0.05, 0.1) is 11.1 Å². The number of amides is 1. The minimum absolute atomic E-state index is 0. The number of hydrogen-bond donors (Lipinski definition) is 1. The Labute approximate surface area is 167 Å². The summed E-state index contributed by atoms with van der Waals surface area (Å²) in [6, 6.07) is 6.57. The fraction of sp³-hybridized carbons (Fsp3) is 0.500. The third-order valence-corrected chi connectivity index (χ3v) is 5.26. The Morgan fingerprint density at radius 3 is 2.58 bits per heavy atom. The van der Waals surface area contributed by atoms with Crippen LogP contribution >= 0.6 is 24.8 Å². The molecule has 1 aromatic carbocycles. The fourth-order valence-corrected chi connectivity index (χ4v) is 3.76. The molecule has 1 amide bonds. The lowest BCUT2D eigenvalue weighted by molar-refractivity contribution is 0.0657. The average Bonchev–Trinajstić information content (AvgIpc) is 3.39. The largest absolute Gasteiger partial charge is 0.333 e. The van der Waals surface area contributed by atoms with E-state index in [1.54, 1.807) is 0 Å². The third kappa shape index (κ3) is 3.83. The van der Waals surface area contributed by atoms with E-state index in [4.69, 9.17) is 4.98 Å². The van der Waals surface area contributed by atoms with Gasteiger partial charge < -0.3 is 10.2 Å². The summed E-state index contributed by atoms with van der Waals surface area (Å²) in [5, 5.41) is 4.37. The number of aryl methyl sites for hydroxylation is 2. The summed E-state index contributed by atoms with van der Waals surface area (Å²) in [7, 11) is 0. The molecule has 26 heavy (non-hydrogen) atoms. The Morgan fingerprint density at radius 2 is 1.92 bits per heavy atom. The monoisotopic (exact) mass is 395 g/mol. The molecule has 1 N–H and O–H groups in total. The van der Waals surface area contributed by atoms with Gasteiger partial charge in [0.25, 0.3) is 5.91 Å². The lowest BCUT2D eigenvalue weighted by Crippen LogP contribution is -2.52. The molecule has 1 aliphatic heterocycles. The summed E-state index contributed by atoms with van der Waals surface area (Å²) in [6.45, 7) is 8.80. The number of benzene rings is 1. The van der Waals surface area contributed by atoms with Gasteiger partial charge in [-0.15, -0.1) is 24.8 Å². The highest BCUT2D eigenvalue weighted by atomic mass is 35.5. The van der Waals surface area contributed by atoms with Crippen LogP contribution in [0.2, 0.25) is 0 Å². The quantitative estimate of drug-likeness (QED) is 0.835. The van der Waals surface area contributed by atoms with Crippen molar-refractivity contribution in [1.82, 2.24) is 15.2 Å². The molecule has 142 valence electrons. The molecule has 2 fully saturated rings. The van der Waals surface area contributed by atoms with Gasteiger partial charge in [-0.25, -0.2) is 0 Å². The first-order valence-corrected chi connectivity index (χ1v) is 8.98. The van der Waals surface area contributed by atoms with Gasteiger partial charge in [-0.3, -0.25) is 9.78 Å². The molecular formula is C20H27Cl2N3O. The summed E-state index contributed by atoms with van der Waals surface area (Å²) in [6.07, 6.45) is 2.39. The number of nitrogens with one attached hydrogen (secondary N) is 1. The molecule has 2 aromatic rings. The van der Waals surface area contributed by atoms with Gasteiger partial charge in [0.15, 0.2) is 0 Å². The summed E-state index contributed by atoms with van der Waals surface area (Å²) >= 11 is 0. The topological polar surface area (TPSA) is 45.2 Å². The number of fused-ring (bicyclic) bond motifs is 1. The number of carbonyl (C=O) groups is 1. The van der Waals surface area contributed by atoms with E-state index in [1.165, 1.54) is 18.4 Å². The summed E-state index contributed by atoms with van der Waals surface area (Å²) in [5.41, 5.74) is 5.28. The number of piperazine rings is 1. The molecule has 0 bridgehead atoms. The number of aromatic nitrogens is 1. The molecule has 0 spiro atoms. The molecule has 0 unspecified atom stereocenters. The van der Waals surface area contributed by atoms with Crippen LogP contribution in [0.25, 0.3) is 10.9 Å². The highest BCUT2D eigenvalue weighted by Gasteiger charge is 2.30.